The van der Waals surface area contributed by atoms with Crippen molar-refractivity contribution < 1.29 is 9.50 Å². The number of hydrogen-bond acceptors (Lipinski definition) is 2. The Morgan fingerprint density at radius 2 is 1.95 bits per heavy atom. The number of nitrogens with zero attached hydrogens (tertiary/aromatic N) is 1. The molecule has 0 amide bonds. The van der Waals surface area contributed by atoms with Gasteiger partial charge >= 0.3 is 0 Å². The summed E-state index contributed by atoms with van der Waals surface area (Å²) < 4.78 is 13.1. The number of aliphatic hydroxyl groups is 1. The van der Waals surface area contributed by atoms with Crippen LogP contribution in [-0.2, 0) is 0 Å². The van der Waals surface area contributed by atoms with E-state index in [0.717, 1.165) is 27.6 Å². The molecule has 3 aromatic rings. The van der Waals surface area contributed by atoms with Crippen molar-refractivity contribution in [3.05, 3.63) is 77.2 Å². The molecule has 0 spiro atoms. The van der Waals surface area contributed by atoms with Gasteiger partial charge in [0.15, 0.2) is 0 Å². The maximum Gasteiger partial charge on any atom is 0.123 e. The van der Waals surface area contributed by atoms with Gasteiger partial charge in [-0.2, -0.15) is 0 Å². The first-order valence-electron chi connectivity index (χ1n) is 6.44. The Morgan fingerprint density at radius 1 is 1.10 bits per heavy atom. The van der Waals surface area contributed by atoms with E-state index < -0.39 is 6.10 Å². The fourth-order valence-corrected chi connectivity index (χ4v) is 2.39. The Kier molecular flexibility index (Phi) is 3.20. The largest absolute Gasteiger partial charge is 0.384 e. The fourth-order valence-electron chi connectivity index (χ4n) is 2.39. The number of benzene rings is 2. The molecule has 0 bridgehead atoms. The molecule has 0 aliphatic carbocycles. The molecule has 100 valence electrons. The lowest BCUT2D eigenvalue weighted by atomic mass is 9.96. The normalized spacial score (nSPS) is 12.6. The zero-order valence-corrected chi connectivity index (χ0v) is 11.0. The molecule has 0 saturated carbocycles. The molecule has 3 rings (SSSR count). The standard InChI is InChI=1S/C17H14FNO/c1-11-9-14(18)5-6-15(11)17(20)13-4-7-16-12(10-13)3-2-8-19-16/h2-10,17,20H,1H3. The highest BCUT2D eigenvalue weighted by Gasteiger charge is 2.13. The van der Waals surface area contributed by atoms with Crippen LogP contribution in [0.25, 0.3) is 10.9 Å². The van der Waals surface area contributed by atoms with E-state index in [2.05, 4.69) is 4.98 Å². The van der Waals surface area contributed by atoms with Crippen LogP contribution in [0.3, 0.4) is 0 Å². The van der Waals surface area contributed by atoms with E-state index in [1.54, 1.807) is 19.2 Å². The van der Waals surface area contributed by atoms with Crippen molar-refractivity contribution in [1.29, 1.82) is 0 Å². The topological polar surface area (TPSA) is 33.1 Å². The van der Waals surface area contributed by atoms with Gasteiger partial charge in [0.05, 0.1) is 5.52 Å². The van der Waals surface area contributed by atoms with Crippen molar-refractivity contribution in [3.63, 3.8) is 0 Å². The minimum atomic E-state index is -0.764. The number of halogens is 1. The van der Waals surface area contributed by atoms with E-state index in [1.807, 2.05) is 30.3 Å². The van der Waals surface area contributed by atoms with Crippen LogP contribution in [0.1, 0.15) is 22.8 Å². The van der Waals surface area contributed by atoms with Crippen molar-refractivity contribution in [1.82, 2.24) is 4.98 Å². The van der Waals surface area contributed by atoms with Crippen LogP contribution in [0.15, 0.2) is 54.7 Å². The van der Waals surface area contributed by atoms with Gasteiger partial charge < -0.3 is 5.11 Å². The molecule has 1 aromatic heterocycles. The molecule has 0 radical (unpaired) electrons. The average molecular weight is 267 g/mol. The third-order valence-electron chi connectivity index (χ3n) is 3.47. The van der Waals surface area contributed by atoms with Crippen LogP contribution < -0.4 is 0 Å². The van der Waals surface area contributed by atoms with Crippen LogP contribution in [0, 0.1) is 12.7 Å². The molecule has 20 heavy (non-hydrogen) atoms. The van der Waals surface area contributed by atoms with Crippen molar-refractivity contribution >= 4 is 10.9 Å². The SMILES string of the molecule is Cc1cc(F)ccc1C(O)c1ccc2ncccc2c1. The van der Waals surface area contributed by atoms with E-state index in [0.29, 0.717) is 0 Å². The monoisotopic (exact) mass is 267 g/mol. The third-order valence-corrected chi connectivity index (χ3v) is 3.47. The Labute approximate surface area is 116 Å². The maximum atomic E-state index is 13.1. The van der Waals surface area contributed by atoms with Crippen LogP contribution >= 0.6 is 0 Å². The molecular formula is C17H14FNO. The van der Waals surface area contributed by atoms with Crippen LogP contribution in [-0.4, -0.2) is 10.1 Å². The highest BCUT2D eigenvalue weighted by Crippen LogP contribution is 2.27. The Hall–Kier alpha value is -2.26. The Balaban J connectivity index is 2.05. The second kappa shape index (κ2) is 5.02. The molecule has 3 heteroatoms. The maximum absolute atomic E-state index is 13.1. The predicted octanol–water partition coefficient (Wildman–Crippen LogP) is 3.76. The first-order valence-corrected chi connectivity index (χ1v) is 6.44. The highest BCUT2D eigenvalue weighted by atomic mass is 19.1. The molecule has 1 unspecified atom stereocenters. The molecule has 0 aliphatic heterocycles. The van der Waals surface area contributed by atoms with Gasteiger partial charge in [-0.05, 0) is 53.9 Å². The van der Waals surface area contributed by atoms with E-state index in [1.165, 1.54) is 12.1 Å². The van der Waals surface area contributed by atoms with E-state index >= 15 is 0 Å². The number of aryl methyl sites for hydroxylation is 1. The van der Waals surface area contributed by atoms with E-state index in [9.17, 15) is 9.50 Å². The zero-order valence-electron chi connectivity index (χ0n) is 11.0. The average Bonchev–Trinajstić information content (AvgIpc) is 2.46. The van der Waals surface area contributed by atoms with Gasteiger partial charge in [-0.3, -0.25) is 4.98 Å². The van der Waals surface area contributed by atoms with Crippen LogP contribution in [0.4, 0.5) is 4.39 Å². The van der Waals surface area contributed by atoms with Crippen molar-refractivity contribution in [2.75, 3.05) is 0 Å². The summed E-state index contributed by atoms with van der Waals surface area (Å²) in [5.41, 5.74) is 3.12. The predicted molar refractivity (Wildman–Crippen MR) is 76.9 cm³/mol. The number of fused-ring (bicyclic) bond motifs is 1. The van der Waals surface area contributed by atoms with Gasteiger partial charge in [-0.15, -0.1) is 0 Å². The number of aromatic nitrogens is 1. The molecular weight excluding hydrogens is 253 g/mol. The summed E-state index contributed by atoms with van der Waals surface area (Å²) in [6.45, 7) is 1.80. The molecule has 1 heterocycles. The Bertz CT molecular complexity index is 770. The fraction of sp³-hybridized carbons (Fsp3) is 0.118. The number of hydrogen-bond donors (Lipinski definition) is 1. The zero-order chi connectivity index (χ0) is 14.1. The summed E-state index contributed by atoms with van der Waals surface area (Å²) >= 11 is 0. The molecule has 2 aromatic carbocycles. The minimum absolute atomic E-state index is 0.291. The molecule has 0 saturated heterocycles. The lowest BCUT2D eigenvalue weighted by Crippen LogP contribution is -2.02. The van der Waals surface area contributed by atoms with Gasteiger partial charge in [0.2, 0.25) is 0 Å². The van der Waals surface area contributed by atoms with Gasteiger partial charge in [0.1, 0.15) is 11.9 Å². The van der Waals surface area contributed by atoms with Crippen LogP contribution in [0.5, 0.6) is 0 Å². The number of pyridine rings is 1. The number of aliphatic hydroxyl groups excluding tert-OH is 1. The van der Waals surface area contributed by atoms with Gasteiger partial charge in [-0.25, -0.2) is 4.39 Å². The lowest BCUT2D eigenvalue weighted by Gasteiger charge is -2.14. The quantitative estimate of drug-likeness (QED) is 0.766. The second-order valence-electron chi connectivity index (χ2n) is 4.86. The van der Waals surface area contributed by atoms with Gasteiger partial charge in [-0.1, -0.05) is 18.2 Å². The smallest absolute Gasteiger partial charge is 0.123 e. The van der Waals surface area contributed by atoms with E-state index in [-0.39, 0.29) is 5.82 Å². The summed E-state index contributed by atoms with van der Waals surface area (Å²) in [5.74, 6) is -0.291. The molecule has 0 aliphatic rings. The van der Waals surface area contributed by atoms with Crippen molar-refractivity contribution in [2.45, 2.75) is 13.0 Å². The summed E-state index contributed by atoms with van der Waals surface area (Å²) in [5, 5.41) is 11.5. The lowest BCUT2D eigenvalue weighted by molar-refractivity contribution is 0.219. The molecule has 0 fully saturated rings. The first-order chi connectivity index (χ1) is 9.65. The third kappa shape index (κ3) is 2.28. The molecule has 2 nitrogen and oxygen atoms in total. The second-order valence-corrected chi connectivity index (χ2v) is 4.86. The molecule has 1 atom stereocenters. The first kappa shape index (κ1) is 12.8. The van der Waals surface area contributed by atoms with Crippen molar-refractivity contribution in [2.24, 2.45) is 0 Å². The summed E-state index contributed by atoms with van der Waals surface area (Å²) in [6, 6.07) is 13.9. The van der Waals surface area contributed by atoms with E-state index in [4.69, 9.17) is 0 Å². The summed E-state index contributed by atoms with van der Waals surface area (Å²) in [6.07, 6.45) is 0.975. The highest BCUT2D eigenvalue weighted by molar-refractivity contribution is 5.79. The minimum Gasteiger partial charge on any atom is -0.384 e. The van der Waals surface area contributed by atoms with Gasteiger partial charge in [0, 0.05) is 11.6 Å². The summed E-state index contributed by atoms with van der Waals surface area (Å²) in [4.78, 5) is 4.25. The van der Waals surface area contributed by atoms with Crippen molar-refractivity contribution in [3.8, 4) is 0 Å². The molecule has 1 N–H and O–H groups in total. The van der Waals surface area contributed by atoms with Gasteiger partial charge in [0.25, 0.3) is 0 Å². The van der Waals surface area contributed by atoms with Crippen LogP contribution in [0.2, 0.25) is 0 Å². The number of rotatable bonds is 2. The Morgan fingerprint density at radius 3 is 2.75 bits per heavy atom. The summed E-state index contributed by atoms with van der Waals surface area (Å²) in [7, 11) is 0.